The third kappa shape index (κ3) is 2.75. The van der Waals surface area contributed by atoms with E-state index in [4.69, 9.17) is 10.5 Å². The number of nitrogens with one attached hydrogen (secondary N) is 1. The van der Waals surface area contributed by atoms with E-state index in [0.29, 0.717) is 18.0 Å². The van der Waals surface area contributed by atoms with E-state index in [1.54, 1.807) is 12.1 Å². The van der Waals surface area contributed by atoms with E-state index in [1.807, 2.05) is 0 Å². The highest BCUT2D eigenvalue weighted by Crippen LogP contribution is 2.35. The summed E-state index contributed by atoms with van der Waals surface area (Å²) in [5.74, 6) is 0.510. The van der Waals surface area contributed by atoms with Crippen molar-refractivity contribution >= 4 is 21.5 Å². The molecule has 0 spiro atoms. The average molecular weight is 306 g/mol. The Morgan fingerprint density at radius 3 is 2.95 bits per heavy atom. The van der Waals surface area contributed by atoms with Gasteiger partial charge in [-0.25, -0.2) is 8.42 Å². The van der Waals surface area contributed by atoms with Crippen molar-refractivity contribution in [1.82, 2.24) is 10.2 Å². The molecule has 3 rings (SSSR count). The minimum atomic E-state index is -3.83. The van der Waals surface area contributed by atoms with Gasteiger partial charge in [-0.2, -0.15) is 5.10 Å². The lowest BCUT2D eigenvalue weighted by Crippen LogP contribution is -2.19. The number of nitrogens with zero attached hydrogens (tertiary/aromatic N) is 2. The summed E-state index contributed by atoms with van der Waals surface area (Å²) in [6.45, 7) is 0.491. The second-order valence-electron chi connectivity index (χ2n) is 4.67. The molecule has 8 heteroatoms. The summed E-state index contributed by atoms with van der Waals surface area (Å²) < 4.78 is 32.9. The first-order valence-corrected chi connectivity index (χ1v) is 7.90. The summed E-state index contributed by atoms with van der Waals surface area (Å²) in [5.41, 5.74) is 6.99. The minimum absolute atomic E-state index is 0.0304. The Hall–Kier alpha value is -2.35. The predicted octanol–water partition coefficient (Wildman–Crippen LogP) is 1.18. The molecule has 1 aliphatic rings. The molecule has 0 amide bonds. The van der Waals surface area contributed by atoms with Crippen molar-refractivity contribution in [3.8, 4) is 5.75 Å². The molecule has 0 aliphatic carbocycles. The number of rotatable bonds is 3. The molecule has 2 heterocycles. The van der Waals surface area contributed by atoms with Crippen LogP contribution in [0.4, 0.5) is 11.5 Å². The number of hydrogen-bond donors (Lipinski definition) is 2. The topological polar surface area (TPSA) is 107 Å². The molecular formula is C13H14N4O3S. The number of nitrogens with two attached hydrogens (primary N) is 1. The van der Waals surface area contributed by atoms with E-state index in [2.05, 4.69) is 14.9 Å². The molecule has 21 heavy (non-hydrogen) atoms. The van der Waals surface area contributed by atoms with Gasteiger partial charge in [0.05, 0.1) is 6.61 Å². The lowest BCUT2D eigenvalue weighted by atomic mass is 10.1. The van der Waals surface area contributed by atoms with Crippen LogP contribution in [0.2, 0.25) is 0 Å². The van der Waals surface area contributed by atoms with E-state index in [1.165, 1.54) is 18.3 Å². The maximum atomic E-state index is 12.5. The Morgan fingerprint density at radius 1 is 1.33 bits per heavy atom. The first-order valence-electron chi connectivity index (χ1n) is 6.42. The van der Waals surface area contributed by atoms with Gasteiger partial charge < -0.3 is 10.5 Å². The van der Waals surface area contributed by atoms with Crippen molar-refractivity contribution in [2.45, 2.75) is 17.7 Å². The third-order valence-corrected chi connectivity index (χ3v) is 4.45. The molecule has 0 bridgehead atoms. The van der Waals surface area contributed by atoms with Crippen molar-refractivity contribution in [3.05, 3.63) is 36.0 Å². The number of aromatic nitrogens is 2. The summed E-state index contributed by atoms with van der Waals surface area (Å²) >= 11 is 0. The predicted molar refractivity (Wildman–Crippen MR) is 77.5 cm³/mol. The van der Waals surface area contributed by atoms with E-state index >= 15 is 0 Å². The summed E-state index contributed by atoms with van der Waals surface area (Å²) in [6, 6.07) is 6.25. The van der Waals surface area contributed by atoms with Crippen LogP contribution < -0.4 is 15.2 Å². The van der Waals surface area contributed by atoms with Crippen molar-refractivity contribution in [3.63, 3.8) is 0 Å². The van der Waals surface area contributed by atoms with Crippen LogP contribution in [0.5, 0.6) is 5.75 Å². The third-order valence-electron chi connectivity index (χ3n) is 3.09. The van der Waals surface area contributed by atoms with E-state index in [9.17, 15) is 8.42 Å². The molecule has 2 aromatic rings. The highest BCUT2D eigenvalue weighted by atomic mass is 32.2. The molecular weight excluding hydrogens is 292 g/mol. The normalized spacial score (nSPS) is 14.1. The fourth-order valence-electron chi connectivity index (χ4n) is 2.22. The summed E-state index contributed by atoms with van der Waals surface area (Å²) in [5, 5.41) is 7.35. The maximum absolute atomic E-state index is 12.5. The number of aryl methyl sites for hydroxylation is 1. The maximum Gasteiger partial charge on any atom is 0.266 e. The van der Waals surface area contributed by atoms with Crippen molar-refractivity contribution in [2.75, 3.05) is 17.1 Å². The first-order chi connectivity index (χ1) is 10.1. The average Bonchev–Trinajstić information content (AvgIpc) is 2.47. The van der Waals surface area contributed by atoms with Crippen LogP contribution in [-0.4, -0.2) is 25.2 Å². The van der Waals surface area contributed by atoms with E-state index < -0.39 is 10.0 Å². The smallest absolute Gasteiger partial charge is 0.266 e. The van der Waals surface area contributed by atoms with Crippen molar-refractivity contribution in [1.29, 1.82) is 0 Å². The summed E-state index contributed by atoms with van der Waals surface area (Å²) in [7, 11) is -3.83. The van der Waals surface area contributed by atoms with Crippen LogP contribution in [0.15, 0.2) is 35.4 Å². The summed E-state index contributed by atoms with van der Waals surface area (Å²) in [6.07, 6.45) is 3.05. The van der Waals surface area contributed by atoms with Crippen LogP contribution >= 0.6 is 0 Å². The largest absolute Gasteiger partial charge is 0.492 e. The Labute approximate surface area is 122 Å². The molecule has 1 aromatic carbocycles. The van der Waals surface area contributed by atoms with E-state index in [0.717, 1.165) is 18.4 Å². The number of hydrogen-bond acceptors (Lipinski definition) is 6. The zero-order chi connectivity index (χ0) is 14.9. The van der Waals surface area contributed by atoms with Gasteiger partial charge in [0, 0.05) is 11.9 Å². The van der Waals surface area contributed by atoms with Gasteiger partial charge in [0.15, 0.2) is 5.82 Å². The molecule has 0 unspecified atom stereocenters. The zero-order valence-electron chi connectivity index (χ0n) is 11.1. The molecule has 1 aliphatic heterocycles. The highest BCUT2D eigenvalue weighted by Gasteiger charge is 2.25. The molecule has 110 valence electrons. The lowest BCUT2D eigenvalue weighted by Gasteiger charge is -2.21. The Balaban J connectivity index is 2.05. The second kappa shape index (κ2) is 5.21. The number of fused-ring (bicyclic) bond motifs is 1. The standard InChI is InChI=1S/C13H14N4O3S/c14-10-7-9-3-2-6-20-13(9)11(8-10)21(18,19)17-12-4-1-5-15-16-12/h1,4-5,7-8H,2-3,6,14H2,(H,16,17). The minimum Gasteiger partial charge on any atom is -0.492 e. The second-order valence-corrected chi connectivity index (χ2v) is 6.32. The molecule has 1 aromatic heterocycles. The van der Waals surface area contributed by atoms with Crippen molar-refractivity contribution in [2.24, 2.45) is 0 Å². The lowest BCUT2D eigenvalue weighted by molar-refractivity contribution is 0.280. The Kier molecular flexibility index (Phi) is 3.38. The number of nitrogen functional groups attached to an aromatic ring is 1. The SMILES string of the molecule is Nc1cc2c(c(S(=O)(=O)Nc3cccnn3)c1)OCCC2. The fourth-order valence-corrected chi connectivity index (χ4v) is 3.44. The van der Waals surface area contributed by atoms with Crippen LogP contribution in [0, 0.1) is 0 Å². The van der Waals surface area contributed by atoms with Crippen molar-refractivity contribution < 1.29 is 13.2 Å². The fraction of sp³-hybridized carbons (Fsp3) is 0.231. The highest BCUT2D eigenvalue weighted by molar-refractivity contribution is 7.92. The van der Waals surface area contributed by atoms with Gasteiger partial charge in [-0.15, -0.1) is 5.10 Å². The van der Waals surface area contributed by atoms with E-state index in [-0.39, 0.29) is 10.7 Å². The van der Waals surface area contributed by atoms with Gasteiger partial charge in [-0.05, 0) is 42.7 Å². The zero-order valence-corrected chi connectivity index (χ0v) is 11.9. The molecule has 0 fully saturated rings. The molecule has 3 N–H and O–H groups in total. The van der Waals surface area contributed by atoms with Crippen LogP contribution in [0.1, 0.15) is 12.0 Å². The quantitative estimate of drug-likeness (QED) is 0.825. The van der Waals surface area contributed by atoms with Gasteiger partial charge in [0.1, 0.15) is 10.6 Å². The Bertz CT molecular complexity index is 762. The molecule has 7 nitrogen and oxygen atoms in total. The number of anilines is 2. The van der Waals surface area contributed by atoms with Gasteiger partial charge in [0.25, 0.3) is 10.0 Å². The number of sulfonamides is 1. The van der Waals surface area contributed by atoms with Crippen LogP contribution in [0.3, 0.4) is 0 Å². The van der Waals surface area contributed by atoms with Crippen LogP contribution in [0.25, 0.3) is 0 Å². The summed E-state index contributed by atoms with van der Waals surface area (Å²) in [4.78, 5) is 0.0304. The Morgan fingerprint density at radius 2 is 2.19 bits per heavy atom. The van der Waals surface area contributed by atoms with Gasteiger partial charge in [0.2, 0.25) is 0 Å². The molecule has 0 saturated carbocycles. The molecule has 0 atom stereocenters. The first kappa shape index (κ1) is 13.6. The van der Waals surface area contributed by atoms with Crippen LogP contribution in [-0.2, 0) is 16.4 Å². The molecule has 0 radical (unpaired) electrons. The van der Waals surface area contributed by atoms with Gasteiger partial charge >= 0.3 is 0 Å². The monoisotopic (exact) mass is 306 g/mol. The number of ether oxygens (including phenoxy) is 1. The number of benzene rings is 1. The van der Waals surface area contributed by atoms with Gasteiger partial charge in [-0.1, -0.05) is 0 Å². The van der Waals surface area contributed by atoms with Gasteiger partial charge in [-0.3, -0.25) is 4.72 Å². The molecule has 0 saturated heterocycles.